The van der Waals surface area contributed by atoms with Crippen molar-refractivity contribution in [3.8, 4) is 11.4 Å². The Hall–Kier alpha value is -1.61. The van der Waals surface area contributed by atoms with Crippen LogP contribution in [0.15, 0.2) is 42.7 Å². The van der Waals surface area contributed by atoms with Crippen LogP contribution in [-0.4, -0.2) is 15.6 Å². The van der Waals surface area contributed by atoms with E-state index in [2.05, 4.69) is 46.9 Å². The molecule has 1 aliphatic carbocycles. The molecule has 0 aliphatic heterocycles. The summed E-state index contributed by atoms with van der Waals surface area (Å²) in [6.45, 7) is 2.27. The predicted octanol–water partition coefficient (Wildman–Crippen LogP) is 4.02. The van der Waals surface area contributed by atoms with E-state index in [1.54, 1.807) is 0 Å². The molecule has 0 spiro atoms. The van der Waals surface area contributed by atoms with Gasteiger partial charge in [-0.15, -0.1) is 0 Å². The van der Waals surface area contributed by atoms with Gasteiger partial charge < -0.3 is 10.3 Å². The first-order valence-corrected chi connectivity index (χ1v) is 8.13. The Balaban J connectivity index is 1.88. The largest absolute Gasteiger partial charge is 0.326 e. The summed E-state index contributed by atoms with van der Waals surface area (Å²) in [6, 6.07) is 11.0. The monoisotopic (exact) mass is 283 g/mol. The average molecular weight is 283 g/mol. The van der Waals surface area contributed by atoms with Crippen molar-refractivity contribution in [2.75, 3.05) is 0 Å². The molecule has 3 unspecified atom stereocenters. The average Bonchev–Trinajstić information content (AvgIpc) is 3.00. The lowest BCUT2D eigenvalue weighted by atomic mass is 9.80. The van der Waals surface area contributed by atoms with E-state index in [1.807, 2.05) is 12.3 Å². The highest BCUT2D eigenvalue weighted by Crippen LogP contribution is 2.36. The first-order valence-electron chi connectivity index (χ1n) is 8.13. The third-order valence-corrected chi connectivity index (χ3v) is 4.73. The van der Waals surface area contributed by atoms with E-state index in [-0.39, 0.29) is 6.04 Å². The molecule has 2 N–H and O–H groups in total. The summed E-state index contributed by atoms with van der Waals surface area (Å²) in [5.74, 6) is 1.86. The zero-order chi connectivity index (χ0) is 14.7. The molecule has 0 amide bonds. The lowest BCUT2D eigenvalue weighted by molar-refractivity contribution is 0.225. The Kier molecular flexibility index (Phi) is 4.39. The van der Waals surface area contributed by atoms with Crippen molar-refractivity contribution in [1.29, 1.82) is 0 Å². The highest BCUT2D eigenvalue weighted by molar-refractivity contribution is 5.55. The third kappa shape index (κ3) is 3.03. The summed E-state index contributed by atoms with van der Waals surface area (Å²) in [4.78, 5) is 4.57. The maximum atomic E-state index is 6.43. The van der Waals surface area contributed by atoms with Crippen LogP contribution in [0, 0.1) is 5.92 Å². The minimum absolute atomic E-state index is 0.245. The molecule has 1 aliphatic rings. The van der Waals surface area contributed by atoms with Crippen LogP contribution in [0.1, 0.15) is 45.1 Å². The van der Waals surface area contributed by atoms with Crippen LogP contribution in [0.2, 0.25) is 0 Å². The Bertz CT molecular complexity index is 561. The molecule has 2 aromatic rings. The van der Waals surface area contributed by atoms with Gasteiger partial charge >= 0.3 is 0 Å². The number of aromatic nitrogens is 2. The van der Waals surface area contributed by atoms with E-state index in [9.17, 15) is 0 Å². The lowest BCUT2D eigenvalue weighted by Gasteiger charge is -2.35. The molecule has 3 nitrogen and oxygen atoms in total. The van der Waals surface area contributed by atoms with Gasteiger partial charge in [-0.25, -0.2) is 4.98 Å². The molecule has 0 saturated heterocycles. The second kappa shape index (κ2) is 6.44. The molecule has 1 heterocycles. The van der Waals surface area contributed by atoms with Crippen molar-refractivity contribution >= 4 is 0 Å². The third-order valence-electron chi connectivity index (χ3n) is 4.73. The van der Waals surface area contributed by atoms with E-state index < -0.39 is 0 Å². The number of rotatable bonds is 4. The van der Waals surface area contributed by atoms with Gasteiger partial charge in [0.2, 0.25) is 0 Å². The zero-order valence-electron chi connectivity index (χ0n) is 12.8. The fourth-order valence-corrected chi connectivity index (χ4v) is 3.64. The van der Waals surface area contributed by atoms with Crippen molar-refractivity contribution in [3.63, 3.8) is 0 Å². The maximum absolute atomic E-state index is 6.43. The van der Waals surface area contributed by atoms with Gasteiger partial charge in [0.15, 0.2) is 0 Å². The first kappa shape index (κ1) is 14.3. The van der Waals surface area contributed by atoms with E-state index in [4.69, 9.17) is 5.73 Å². The molecule has 1 aromatic heterocycles. The first-order chi connectivity index (χ1) is 10.3. The van der Waals surface area contributed by atoms with Gasteiger partial charge in [0.25, 0.3) is 0 Å². The van der Waals surface area contributed by atoms with Gasteiger partial charge in [-0.05, 0) is 25.2 Å². The van der Waals surface area contributed by atoms with Crippen molar-refractivity contribution in [2.24, 2.45) is 11.7 Å². The summed E-state index contributed by atoms with van der Waals surface area (Å²) < 4.78 is 2.31. The van der Waals surface area contributed by atoms with Crippen LogP contribution < -0.4 is 5.73 Å². The summed E-state index contributed by atoms with van der Waals surface area (Å²) >= 11 is 0. The van der Waals surface area contributed by atoms with Gasteiger partial charge in [-0.2, -0.15) is 0 Å². The van der Waals surface area contributed by atoms with E-state index >= 15 is 0 Å². The summed E-state index contributed by atoms with van der Waals surface area (Å²) in [7, 11) is 0. The van der Waals surface area contributed by atoms with Gasteiger partial charge in [-0.1, -0.05) is 50.1 Å². The van der Waals surface area contributed by atoms with Gasteiger partial charge in [0.1, 0.15) is 5.82 Å². The standard InChI is InChI=1S/C18H25N3/c1-2-6-14-9-10-16(19)17(13-14)21-12-11-20-18(21)15-7-4-3-5-8-15/h3-5,7-8,11-12,14,16-17H,2,6,9-10,13,19H2,1H3. The predicted molar refractivity (Wildman–Crippen MR) is 86.9 cm³/mol. The summed E-state index contributed by atoms with van der Waals surface area (Å²) in [6.07, 6.45) is 10.2. The summed E-state index contributed by atoms with van der Waals surface area (Å²) in [5, 5.41) is 0. The second-order valence-electron chi connectivity index (χ2n) is 6.22. The van der Waals surface area contributed by atoms with Crippen molar-refractivity contribution in [3.05, 3.63) is 42.7 Å². The van der Waals surface area contributed by atoms with E-state index in [1.165, 1.54) is 31.2 Å². The van der Waals surface area contributed by atoms with Gasteiger partial charge in [0.05, 0.1) is 6.04 Å². The SMILES string of the molecule is CCCC1CCC(N)C(n2ccnc2-c2ccccc2)C1. The minimum Gasteiger partial charge on any atom is -0.326 e. The van der Waals surface area contributed by atoms with Crippen molar-refractivity contribution < 1.29 is 0 Å². The molecular formula is C18H25N3. The Morgan fingerprint density at radius 3 is 2.81 bits per heavy atom. The highest BCUT2D eigenvalue weighted by atomic mass is 15.1. The van der Waals surface area contributed by atoms with Gasteiger partial charge in [0, 0.05) is 24.0 Å². The molecule has 1 fully saturated rings. The zero-order valence-corrected chi connectivity index (χ0v) is 12.8. The minimum atomic E-state index is 0.245. The Morgan fingerprint density at radius 1 is 1.24 bits per heavy atom. The van der Waals surface area contributed by atoms with Crippen LogP contribution in [0.4, 0.5) is 0 Å². The van der Waals surface area contributed by atoms with Crippen LogP contribution in [0.3, 0.4) is 0 Å². The number of benzene rings is 1. The normalized spacial score (nSPS) is 25.9. The molecule has 0 bridgehead atoms. The fourth-order valence-electron chi connectivity index (χ4n) is 3.64. The summed E-state index contributed by atoms with van der Waals surface area (Å²) in [5.41, 5.74) is 7.60. The van der Waals surface area contributed by atoms with Gasteiger partial charge in [-0.3, -0.25) is 0 Å². The molecule has 112 valence electrons. The maximum Gasteiger partial charge on any atom is 0.140 e. The van der Waals surface area contributed by atoms with Crippen LogP contribution in [0.5, 0.6) is 0 Å². The van der Waals surface area contributed by atoms with Crippen molar-refractivity contribution in [1.82, 2.24) is 9.55 Å². The van der Waals surface area contributed by atoms with Crippen LogP contribution >= 0.6 is 0 Å². The van der Waals surface area contributed by atoms with E-state index in [0.29, 0.717) is 6.04 Å². The molecule has 0 radical (unpaired) electrons. The molecule has 3 atom stereocenters. The van der Waals surface area contributed by atoms with Crippen LogP contribution in [-0.2, 0) is 0 Å². The molecule has 3 heteroatoms. The lowest BCUT2D eigenvalue weighted by Crippen LogP contribution is -2.37. The smallest absolute Gasteiger partial charge is 0.140 e. The molecular weight excluding hydrogens is 258 g/mol. The quantitative estimate of drug-likeness (QED) is 0.921. The molecule has 21 heavy (non-hydrogen) atoms. The fraction of sp³-hybridized carbons (Fsp3) is 0.500. The Morgan fingerprint density at radius 2 is 2.05 bits per heavy atom. The number of hydrogen-bond donors (Lipinski definition) is 1. The van der Waals surface area contributed by atoms with E-state index in [0.717, 1.165) is 18.2 Å². The molecule has 1 aromatic carbocycles. The highest BCUT2D eigenvalue weighted by Gasteiger charge is 2.30. The number of hydrogen-bond acceptors (Lipinski definition) is 2. The number of imidazole rings is 1. The topological polar surface area (TPSA) is 43.8 Å². The molecule has 1 saturated carbocycles. The molecule has 3 rings (SSSR count). The Labute approximate surface area is 127 Å². The second-order valence-corrected chi connectivity index (χ2v) is 6.22. The van der Waals surface area contributed by atoms with Crippen molar-refractivity contribution in [2.45, 2.75) is 51.1 Å². The van der Waals surface area contributed by atoms with Crippen LogP contribution in [0.25, 0.3) is 11.4 Å². The number of nitrogens with two attached hydrogens (primary N) is 1. The number of nitrogens with zero attached hydrogens (tertiary/aromatic N) is 2.